The van der Waals surface area contributed by atoms with Gasteiger partial charge >= 0.3 is 5.97 Å². The van der Waals surface area contributed by atoms with Crippen molar-refractivity contribution in [2.75, 3.05) is 26.0 Å². The molecule has 0 radical (unpaired) electrons. The Hall–Kier alpha value is -0.660. The molecule has 0 saturated carbocycles. The van der Waals surface area contributed by atoms with Crippen LogP contribution in [-0.2, 0) is 19.6 Å². The summed E-state index contributed by atoms with van der Waals surface area (Å²) in [5.74, 6) is -1.21. The van der Waals surface area contributed by atoms with Crippen LogP contribution in [0.25, 0.3) is 0 Å². The van der Waals surface area contributed by atoms with Gasteiger partial charge in [-0.2, -0.15) is 4.31 Å². The van der Waals surface area contributed by atoms with Crippen molar-refractivity contribution >= 4 is 16.0 Å². The first kappa shape index (κ1) is 13.4. The van der Waals surface area contributed by atoms with Crippen LogP contribution in [0, 0.1) is 5.92 Å². The molecule has 1 saturated heterocycles. The minimum absolute atomic E-state index is 0.0200. The van der Waals surface area contributed by atoms with E-state index >= 15 is 0 Å². The Bertz CT molecular complexity index is 347. The minimum Gasteiger partial charge on any atom is -0.480 e. The van der Waals surface area contributed by atoms with Crippen molar-refractivity contribution in [3.05, 3.63) is 0 Å². The summed E-state index contributed by atoms with van der Waals surface area (Å²) >= 11 is 0. The fourth-order valence-electron chi connectivity index (χ4n) is 1.53. The smallest absolute Gasteiger partial charge is 0.321 e. The Morgan fingerprint density at radius 1 is 1.62 bits per heavy atom. The van der Waals surface area contributed by atoms with Crippen LogP contribution in [0.4, 0.5) is 0 Å². The fraction of sp³-hybridized carbons (Fsp3) is 0.889. The molecule has 2 atom stereocenters. The summed E-state index contributed by atoms with van der Waals surface area (Å²) in [7, 11) is -2.22. The Morgan fingerprint density at radius 2 is 2.25 bits per heavy atom. The zero-order valence-electron chi connectivity index (χ0n) is 9.42. The van der Waals surface area contributed by atoms with Crippen molar-refractivity contribution in [1.29, 1.82) is 0 Å². The lowest BCUT2D eigenvalue weighted by atomic mass is 10.2. The van der Waals surface area contributed by atoms with Gasteiger partial charge in [0.05, 0.1) is 12.4 Å². The van der Waals surface area contributed by atoms with Crippen LogP contribution < -0.4 is 0 Å². The van der Waals surface area contributed by atoms with Gasteiger partial charge in [-0.25, -0.2) is 8.42 Å². The van der Waals surface area contributed by atoms with E-state index in [1.807, 2.05) is 0 Å². The van der Waals surface area contributed by atoms with E-state index in [4.69, 9.17) is 9.84 Å². The van der Waals surface area contributed by atoms with E-state index in [2.05, 4.69) is 0 Å². The fourth-order valence-corrected chi connectivity index (χ4v) is 3.19. The lowest BCUT2D eigenvalue weighted by Crippen LogP contribution is -2.42. The normalized spacial score (nSPS) is 23.6. The average Bonchev–Trinajstić information content (AvgIpc) is 2.67. The first-order valence-corrected chi connectivity index (χ1v) is 6.72. The van der Waals surface area contributed by atoms with Gasteiger partial charge in [-0.15, -0.1) is 0 Å². The quantitative estimate of drug-likeness (QED) is 0.729. The van der Waals surface area contributed by atoms with Gasteiger partial charge < -0.3 is 9.84 Å². The molecule has 0 aromatic rings. The summed E-state index contributed by atoms with van der Waals surface area (Å²) in [5, 5.41) is 8.75. The number of hydrogen-bond donors (Lipinski definition) is 1. The third-order valence-corrected chi connectivity index (χ3v) is 4.90. The molecule has 0 amide bonds. The van der Waals surface area contributed by atoms with Gasteiger partial charge in [0.1, 0.15) is 6.04 Å². The zero-order valence-corrected chi connectivity index (χ0v) is 10.2. The summed E-state index contributed by atoms with van der Waals surface area (Å²) in [5.41, 5.74) is 0. The number of rotatable bonds is 5. The number of likely N-dealkylation sites (N-methyl/N-ethyl adjacent to an activating group) is 1. The van der Waals surface area contributed by atoms with Crippen LogP contribution >= 0.6 is 0 Å². The van der Waals surface area contributed by atoms with E-state index in [0.717, 1.165) is 4.31 Å². The Kier molecular flexibility index (Phi) is 4.28. The van der Waals surface area contributed by atoms with Crippen molar-refractivity contribution in [3.8, 4) is 0 Å². The number of aliphatic carboxylic acids is 1. The summed E-state index contributed by atoms with van der Waals surface area (Å²) in [6.45, 7) is 2.37. The van der Waals surface area contributed by atoms with Gasteiger partial charge in [-0.1, -0.05) is 0 Å². The average molecular weight is 251 g/mol. The Labute approximate surface area is 95.2 Å². The highest BCUT2D eigenvalue weighted by molar-refractivity contribution is 7.89. The van der Waals surface area contributed by atoms with E-state index in [1.165, 1.54) is 14.0 Å². The maximum atomic E-state index is 11.8. The maximum Gasteiger partial charge on any atom is 0.321 e. The van der Waals surface area contributed by atoms with Gasteiger partial charge in [0.2, 0.25) is 10.0 Å². The largest absolute Gasteiger partial charge is 0.480 e. The lowest BCUT2D eigenvalue weighted by Gasteiger charge is -2.22. The van der Waals surface area contributed by atoms with Crippen molar-refractivity contribution in [3.63, 3.8) is 0 Å². The van der Waals surface area contributed by atoms with Crippen LogP contribution in [0.15, 0.2) is 0 Å². The molecule has 6 nitrogen and oxygen atoms in total. The molecule has 0 aromatic carbocycles. The zero-order chi connectivity index (χ0) is 12.3. The first-order valence-electron chi connectivity index (χ1n) is 5.11. The third-order valence-electron chi connectivity index (χ3n) is 2.81. The summed E-state index contributed by atoms with van der Waals surface area (Å²) in [6.07, 6.45) is 0.717. The molecule has 1 fully saturated rings. The molecule has 1 N–H and O–H groups in total. The third kappa shape index (κ3) is 3.16. The first-order chi connectivity index (χ1) is 7.34. The van der Waals surface area contributed by atoms with Crippen LogP contribution in [0.3, 0.4) is 0 Å². The number of carbonyl (C=O) groups is 1. The molecule has 0 bridgehead atoms. The van der Waals surface area contributed by atoms with Gasteiger partial charge in [-0.3, -0.25) is 4.79 Å². The van der Waals surface area contributed by atoms with E-state index in [1.54, 1.807) is 0 Å². The molecule has 0 aliphatic carbocycles. The van der Waals surface area contributed by atoms with Crippen LogP contribution in [0.5, 0.6) is 0 Å². The number of carboxylic acid groups (broad SMARTS) is 1. The Morgan fingerprint density at radius 3 is 2.69 bits per heavy atom. The van der Waals surface area contributed by atoms with Gasteiger partial charge in [0.25, 0.3) is 0 Å². The second-order valence-corrected chi connectivity index (χ2v) is 6.11. The van der Waals surface area contributed by atoms with Crippen LogP contribution in [0.1, 0.15) is 13.3 Å². The molecule has 1 heterocycles. The molecule has 2 unspecified atom stereocenters. The predicted molar refractivity (Wildman–Crippen MR) is 57.6 cm³/mol. The van der Waals surface area contributed by atoms with E-state index < -0.39 is 22.0 Å². The molecule has 0 spiro atoms. The van der Waals surface area contributed by atoms with Gasteiger partial charge in [-0.05, 0) is 19.3 Å². The van der Waals surface area contributed by atoms with Crippen molar-refractivity contribution in [1.82, 2.24) is 4.31 Å². The summed E-state index contributed by atoms with van der Waals surface area (Å²) in [4.78, 5) is 10.7. The van der Waals surface area contributed by atoms with Crippen LogP contribution in [0.2, 0.25) is 0 Å². The molecule has 1 aliphatic rings. The number of hydrogen-bond acceptors (Lipinski definition) is 4. The van der Waals surface area contributed by atoms with Gasteiger partial charge in [0, 0.05) is 13.7 Å². The van der Waals surface area contributed by atoms with Crippen molar-refractivity contribution in [2.45, 2.75) is 19.4 Å². The number of sulfonamides is 1. The standard InChI is InChI=1S/C9H17NO5S/c1-7(9(11)12)10(2)16(13,14)6-8-3-4-15-5-8/h7-8H,3-6H2,1-2H3,(H,11,12). The molecule has 0 aromatic heterocycles. The molecular weight excluding hydrogens is 234 g/mol. The van der Waals surface area contributed by atoms with Crippen LogP contribution in [-0.4, -0.2) is 55.9 Å². The number of carboxylic acids is 1. The maximum absolute atomic E-state index is 11.8. The predicted octanol–water partition coefficient (Wildman–Crippen LogP) is -0.242. The highest BCUT2D eigenvalue weighted by atomic mass is 32.2. The number of ether oxygens (including phenoxy) is 1. The Balaban J connectivity index is 2.65. The molecule has 94 valence electrons. The van der Waals surface area contributed by atoms with E-state index in [9.17, 15) is 13.2 Å². The number of nitrogens with zero attached hydrogens (tertiary/aromatic N) is 1. The summed E-state index contributed by atoms with van der Waals surface area (Å²) in [6, 6.07) is -1.03. The molecule has 16 heavy (non-hydrogen) atoms. The second kappa shape index (κ2) is 5.11. The van der Waals surface area contributed by atoms with Crippen molar-refractivity contribution < 1.29 is 23.1 Å². The topological polar surface area (TPSA) is 83.9 Å². The highest BCUT2D eigenvalue weighted by Crippen LogP contribution is 2.17. The van der Waals surface area contributed by atoms with E-state index in [-0.39, 0.29) is 11.7 Å². The van der Waals surface area contributed by atoms with Crippen molar-refractivity contribution in [2.24, 2.45) is 5.92 Å². The molecular formula is C9H17NO5S. The summed E-state index contributed by atoms with van der Waals surface area (Å²) < 4.78 is 29.7. The van der Waals surface area contributed by atoms with E-state index in [0.29, 0.717) is 19.6 Å². The monoisotopic (exact) mass is 251 g/mol. The molecule has 1 aliphatic heterocycles. The van der Waals surface area contributed by atoms with Gasteiger partial charge in [0.15, 0.2) is 0 Å². The molecule has 7 heteroatoms. The molecule has 1 rings (SSSR count). The minimum atomic E-state index is -3.52. The SMILES string of the molecule is CC(C(=O)O)N(C)S(=O)(=O)CC1CCOC1. The lowest BCUT2D eigenvalue weighted by molar-refractivity contribution is -0.140. The second-order valence-electron chi connectivity index (χ2n) is 4.04. The highest BCUT2D eigenvalue weighted by Gasteiger charge is 2.31.